The first-order chi connectivity index (χ1) is 9.34. The average molecular weight is 287 g/mol. The minimum Gasteiger partial charge on any atom is -0.466 e. The van der Waals surface area contributed by atoms with Gasteiger partial charge in [-0.25, -0.2) is 0 Å². The maximum Gasteiger partial charge on any atom is 0.418 e. The molecule has 20 heavy (non-hydrogen) atoms. The number of benzene rings is 1. The number of esters is 1. The summed E-state index contributed by atoms with van der Waals surface area (Å²) in [7, 11) is 0. The largest absolute Gasteiger partial charge is 0.466 e. The van der Waals surface area contributed by atoms with Crippen LogP contribution in [-0.4, -0.2) is 18.5 Å². The van der Waals surface area contributed by atoms with Crippen molar-refractivity contribution in [2.75, 3.05) is 11.9 Å². The molecule has 108 valence electrons. The number of fused-ring (bicyclic) bond motifs is 1. The summed E-state index contributed by atoms with van der Waals surface area (Å²) >= 11 is 0. The molecule has 0 bridgehead atoms. The maximum atomic E-state index is 12.8. The Hall–Kier alpha value is -2.05. The van der Waals surface area contributed by atoms with Gasteiger partial charge < -0.3 is 10.1 Å². The summed E-state index contributed by atoms with van der Waals surface area (Å²) in [6, 6.07) is 3.53. The first-order valence-electron chi connectivity index (χ1n) is 6.01. The highest BCUT2D eigenvalue weighted by molar-refractivity contribution is 6.05. The molecule has 0 aliphatic carbocycles. The van der Waals surface area contributed by atoms with Crippen molar-refractivity contribution in [1.82, 2.24) is 0 Å². The Morgan fingerprint density at radius 2 is 2.10 bits per heavy atom. The van der Waals surface area contributed by atoms with Crippen LogP contribution in [0.3, 0.4) is 0 Å². The van der Waals surface area contributed by atoms with Crippen LogP contribution in [0.2, 0.25) is 0 Å². The molecular formula is C13H12F3NO3. The lowest BCUT2D eigenvalue weighted by molar-refractivity contribution is -0.144. The Balaban J connectivity index is 2.35. The van der Waals surface area contributed by atoms with Gasteiger partial charge in [-0.3, -0.25) is 9.59 Å². The molecule has 1 heterocycles. The molecule has 0 radical (unpaired) electrons. The predicted octanol–water partition coefficient (Wildman–Crippen LogP) is 2.69. The van der Waals surface area contributed by atoms with Gasteiger partial charge in [0.15, 0.2) is 0 Å². The Bertz CT molecular complexity index is 554. The Kier molecular flexibility index (Phi) is 3.69. The molecule has 4 nitrogen and oxygen atoms in total. The minimum atomic E-state index is -4.56. The fraction of sp³-hybridized carbons (Fsp3) is 0.385. The van der Waals surface area contributed by atoms with E-state index in [1.165, 1.54) is 12.1 Å². The molecule has 0 saturated heterocycles. The first kappa shape index (κ1) is 14.4. The number of halogens is 3. The second-order valence-electron chi connectivity index (χ2n) is 4.32. The van der Waals surface area contributed by atoms with Crippen LogP contribution in [0.1, 0.15) is 30.4 Å². The number of alkyl halides is 3. The quantitative estimate of drug-likeness (QED) is 0.870. The number of carbonyl (C=O) groups excluding carboxylic acids is 2. The molecule has 0 fully saturated rings. The molecule has 1 aromatic carbocycles. The van der Waals surface area contributed by atoms with Crippen LogP contribution in [0.4, 0.5) is 18.9 Å². The second-order valence-corrected chi connectivity index (χ2v) is 4.32. The van der Waals surface area contributed by atoms with E-state index in [0.29, 0.717) is 0 Å². The van der Waals surface area contributed by atoms with Gasteiger partial charge in [0, 0.05) is 0 Å². The normalized spacial score (nSPS) is 17.6. The molecule has 7 heteroatoms. The van der Waals surface area contributed by atoms with Crippen LogP contribution in [-0.2, 0) is 20.5 Å². The second kappa shape index (κ2) is 5.15. The zero-order valence-electron chi connectivity index (χ0n) is 10.6. The third-order valence-electron chi connectivity index (χ3n) is 3.02. The molecule has 2 rings (SSSR count). The molecule has 0 aromatic heterocycles. The van der Waals surface area contributed by atoms with E-state index in [2.05, 4.69) is 5.32 Å². The van der Waals surface area contributed by atoms with E-state index in [1.807, 2.05) is 0 Å². The molecule has 1 aromatic rings. The predicted molar refractivity (Wildman–Crippen MR) is 64.1 cm³/mol. The summed E-state index contributed by atoms with van der Waals surface area (Å²) < 4.78 is 43.2. The average Bonchev–Trinajstić information content (AvgIpc) is 2.65. The number of anilines is 1. The van der Waals surface area contributed by atoms with E-state index in [-0.39, 0.29) is 24.3 Å². The molecule has 0 saturated carbocycles. The minimum absolute atomic E-state index is 0.155. The van der Waals surface area contributed by atoms with E-state index >= 15 is 0 Å². The van der Waals surface area contributed by atoms with Crippen LogP contribution in [0.5, 0.6) is 0 Å². The van der Waals surface area contributed by atoms with Crippen LogP contribution in [0.25, 0.3) is 0 Å². The lowest BCUT2D eigenvalue weighted by Gasteiger charge is -2.12. The fourth-order valence-corrected chi connectivity index (χ4v) is 2.18. The number of hydrogen-bond acceptors (Lipinski definition) is 3. The lowest BCUT2D eigenvalue weighted by Crippen LogP contribution is -2.17. The van der Waals surface area contributed by atoms with Crippen molar-refractivity contribution < 1.29 is 27.5 Å². The number of amides is 1. The number of rotatable bonds is 3. The SMILES string of the molecule is CCOC(=O)CC1C(=O)Nc2c1cccc2C(F)(F)F. The van der Waals surface area contributed by atoms with Crippen molar-refractivity contribution in [3.05, 3.63) is 29.3 Å². The van der Waals surface area contributed by atoms with E-state index in [9.17, 15) is 22.8 Å². The highest BCUT2D eigenvalue weighted by atomic mass is 19.4. The van der Waals surface area contributed by atoms with Crippen LogP contribution in [0.15, 0.2) is 18.2 Å². The number of carbonyl (C=O) groups is 2. The molecule has 1 amide bonds. The zero-order valence-corrected chi connectivity index (χ0v) is 10.6. The van der Waals surface area contributed by atoms with Crippen LogP contribution < -0.4 is 5.32 Å². The Labute approximate surface area is 112 Å². The fourth-order valence-electron chi connectivity index (χ4n) is 2.18. The third-order valence-corrected chi connectivity index (χ3v) is 3.02. The van der Waals surface area contributed by atoms with Crippen molar-refractivity contribution in [2.45, 2.75) is 25.4 Å². The standard InChI is InChI=1S/C13H12F3NO3/c1-2-20-10(18)6-8-7-4-3-5-9(13(14,15)16)11(7)17-12(8)19/h3-5,8H,2,6H2,1H3,(H,17,19). The highest BCUT2D eigenvalue weighted by Crippen LogP contribution is 2.43. The number of para-hydroxylation sites is 1. The Morgan fingerprint density at radius 1 is 1.40 bits per heavy atom. The summed E-state index contributed by atoms with van der Waals surface area (Å²) in [5.41, 5.74) is -0.994. The molecular weight excluding hydrogens is 275 g/mol. The molecule has 1 unspecified atom stereocenters. The van der Waals surface area contributed by atoms with Gasteiger partial charge >= 0.3 is 12.1 Å². The third kappa shape index (κ3) is 2.61. The van der Waals surface area contributed by atoms with Gasteiger partial charge in [-0.05, 0) is 18.6 Å². The van der Waals surface area contributed by atoms with Gasteiger partial charge in [0.1, 0.15) is 0 Å². The first-order valence-corrected chi connectivity index (χ1v) is 6.01. The van der Waals surface area contributed by atoms with Crippen molar-refractivity contribution in [2.24, 2.45) is 0 Å². The molecule has 0 spiro atoms. The van der Waals surface area contributed by atoms with E-state index in [4.69, 9.17) is 4.74 Å². The monoisotopic (exact) mass is 287 g/mol. The van der Waals surface area contributed by atoms with E-state index in [1.54, 1.807) is 6.92 Å². The van der Waals surface area contributed by atoms with E-state index < -0.39 is 29.5 Å². The van der Waals surface area contributed by atoms with Crippen molar-refractivity contribution in [3.8, 4) is 0 Å². The highest BCUT2D eigenvalue weighted by Gasteiger charge is 2.41. The number of hydrogen-bond donors (Lipinski definition) is 1. The van der Waals surface area contributed by atoms with Gasteiger partial charge in [0.2, 0.25) is 5.91 Å². The molecule has 1 aliphatic rings. The molecule has 1 N–H and O–H groups in total. The van der Waals surface area contributed by atoms with Crippen molar-refractivity contribution in [1.29, 1.82) is 0 Å². The van der Waals surface area contributed by atoms with Gasteiger partial charge in [-0.2, -0.15) is 13.2 Å². The summed E-state index contributed by atoms with van der Waals surface area (Å²) in [6.07, 6.45) is -4.83. The summed E-state index contributed by atoms with van der Waals surface area (Å²) in [6.45, 7) is 1.77. The Morgan fingerprint density at radius 3 is 2.70 bits per heavy atom. The van der Waals surface area contributed by atoms with Crippen LogP contribution in [0, 0.1) is 0 Å². The van der Waals surface area contributed by atoms with Crippen molar-refractivity contribution in [3.63, 3.8) is 0 Å². The molecule has 1 atom stereocenters. The van der Waals surface area contributed by atoms with Gasteiger partial charge in [0.05, 0.1) is 30.2 Å². The summed E-state index contributed by atoms with van der Waals surface area (Å²) in [4.78, 5) is 23.2. The van der Waals surface area contributed by atoms with Crippen LogP contribution >= 0.6 is 0 Å². The van der Waals surface area contributed by atoms with Crippen molar-refractivity contribution >= 4 is 17.6 Å². The maximum absolute atomic E-state index is 12.8. The smallest absolute Gasteiger partial charge is 0.418 e. The summed E-state index contributed by atoms with van der Waals surface area (Å²) in [5.74, 6) is -2.17. The van der Waals surface area contributed by atoms with Gasteiger partial charge in [-0.1, -0.05) is 12.1 Å². The lowest BCUT2D eigenvalue weighted by atomic mass is 9.95. The van der Waals surface area contributed by atoms with E-state index in [0.717, 1.165) is 6.07 Å². The van der Waals surface area contributed by atoms with Gasteiger partial charge in [0.25, 0.3) is 0 Å². The number of ether oxygens (including phenoxy) is 1. The number of nitrogens with one attached hydrogen (secondary N) is 1. The zero-order chi connectivity index (χ0) is 14.9. The summed E-state index contributed by atoms with van der Waals surface area (Å²) in [5, 5.41) is 2.20. The topological polar surface area (TPSA) is 55.4 Å². The van der Waals surface area contributed by atoms with Gasteiger partial charge in [-0.15, -0.1) is 0 Å². The molecule has 1 aliphatic heterocycles.